The van der Waals surface area contributed by atoms with Gasteiger partial charge in [-0.3, -0.25) is 4.79 Å². The lowest BCUT2D eigenvalue weighted by Gasteiger charge is -1.99. The molecule has 0 aliphatic heterocycles. The van der Waals surface area contributed by atoms with E-state index in [2.05, 4.69) is 13.5 Å². The summed E-state index contributed by atoms with van der Waals surface area (Å²) in [5, 5.41) is 0. The van der Waals surface area contributed by atoms with Gasteiger partial charge in [-0.05, 0) is 25.3 Å². The van der Waals surface area contributed by atoms with Crippen molar-refractivity contribution in [2.75, 3.05) is 0 Å². The van der Waals surface area contributed by atoms with Gasteiger partial charge in [0.1, 0.15) is 0 Å². The van der Waals surface area contributed by atoms with Crippen molar-refractivity contribution in [2.24, 2.45) is 0 Å². The fourth-order valence-corrected chi connectivity index (χ4v) is 1.94. The smallest absolute Gasteiger partial charge is 0.155 e. The average Bonchev–Trinajstić information content (AvgIpc) is 2.38. The minimum absolute atomic E-state index is 0.231. The number of carbonyl (C=O) groups excluding carboxylic acids is 1. The van der Waals surface area contributed by atoms with Crippen LogP contribution >= 0.6 is 0 Å². The summed E-state index contributed by atoms with van der Waals surface area (Å²) in [5.41, 5.74) is 0. The van der Waals surface area contributed by atoms with Gasteiger partial charge in [-0.25, -0.2) is 0 Å². The minimum atomic E-state index is 0.231. The fourth-order valence-electron chi connectivity index (χ4n) is 1.94. The molecule has 0 saturated carbocycles. The third-order valence-corrected chi connectivity index (χ3v) is 3.12. The summed E-state index contributed by atoms with van der Waals surface area (Å²) in [7, 11) is 0. The summed E-state index contributed by atoms with van der Waals surface area (Å²) in [5.74, 6) is 0.231. The quantitative estimate of drug-likeness (QED) is 0.236. The van der Waals surface area contributed by atoms with Crippen LogP contribution in [0.3, 0.4) is 0 Å². The van der Waals surface area contributed by atoms with E-state index in [1.807, 2.05) is 6.08 Å². The van der Waals surface area contributed by atoms with Crippen LogP contribution in [0.2, 0.25) is 0 Å². The van der Waals surface area contributed by atoms with Gasteiger partial charge < -0.3 is 0 Å². The zero-order valence-corrected chi connectivity index (χ0v) is 12.1. The molecule has 0 N–H and O–H groups in total. The van der Waals surface area contributed by atoms with Gasteiger partial charge in [-0.1, -0.05) is 64.0 Å². The van der Waals surface area contributed by atoms with Crippen molar-refractivity contribution in [1.29, 1.82) is 0 Å². The van der Waals surface area contributed by atoms with Crippen LogP contribution in [0.4, 0.5) is 0 Å². The Kier molecular flexibility index (Phi) is 13.5. The molecule has 1 nitrogen and oxygen atoms in total. The predicted octanol–water partition coefficient (Wildman–Crippen LogP) is 5.61. The molecule has 0 amide bonds. The summed E-state index contributed by atoms with van der Waals surface area (Å²) in [6.07, 6.45) is 18.8. The van der Waals surface area contributed by atoms with Crippen molar-refractivity contribution >= 4 is 5.78 Å². The second kappa shape index (κ2) is 14.2. The van der Waals surface area contributed by atoms with E-state index in [0.29, 0.717) is 6.42 Å². The first-order valence-electron chi connectivity index (χ1n) is 7.61. The predicted molar refractivity (Wildman–Crippen MR) is 80.8 cm³/mol. The van der Waals surface area contributed by atoms with Gasteiger partial charge in [0.15, 0.2) is 5.78 Å². The molecule has 18 heavy (non-hydrogen) atoms. The fraction of sp³-hybridized carbons (Fsp3) is 0.706. The van der Waals surface area contributed by atoms with Gasteiger partial charge in [0.2, 0.25) is 0 Å². The normalized spacial score (nSPS) is 10.9. The van der Waals surface area contributed by atoms with Gasteiger partial charge >= 0.3 is 0 Å². The van der Waals surface area contributed by atoms with E-state index < -0.39 is 0 Å². The molecular weight excluding hydrogens is 220 g/mol. The molecule has 0 fully saturated rings. The summed E-state index contributed by atoms with van der Waals surface area (Å²) in [6.45, 7) is 5.87. The Bertz CT molecular complexity index is 228. The highest BCUT2D eigenvalue weighted by Crippen LogP contribution is 2.09. The van der Waals surface area contributed by atoms with E-state index in [9.17, 15) is 4.79 Å². The van der Waals surface area contributed by atoms with Crippen LogP contribution in [0.5, 0.6) is 0 Å². The van der Waals surface area contributed by atoms with Gasteiger partial charge in [-0.15, -0.1) is 6.58 Å². The van der Waals surface area contributed by atoms with E-state index in [4.69, 9.17) is 0 Å². The molecule has 0 atom stereocenters. The van der Waals surface area contributed by atoms with Crippen LogP contribution in [0.1, 0.15) is 77.6 Å². The molecule has 0 aromatic carbocycles. The molecule has 0 aliphatic carbocycles. The molecule has 1 heteroatoms. The molecule has 104 valence electrons. The highest BCUT2D eigenvalue weighted by Gasteiger charge is 1.93. The molecule has 0 rings (SSSR count). The maximum atomic E-state index is 11.3. The zero-order chi connectivity index (χ0) is 13.5. The second-order valence-electron chi connectivity index (χ2n) is 4.96. The lowest BCUT2D eigenvalue weighted by Crippen LogP contribution is -1.90. The van der Waals surface area contributed by atoms with Crippen LogP contribution in [0.15, 0.2) is 24.8 Å². The third-order valence-electron chi connectivity index (χ3n) is 3.12. The highest BCUT2D eigenvalue weighted by atomic mass is 16.1. The van der Waals surface area contributed by atoms with Gasteiger partial charge in [0, 0.05) is 6.42 Å². The Balaban J connectivity index is 3.21. The maximum Gasteiger partial charge on any atom is 0.155 e. The van der Waals surface area contributed by atoms with E-state index >= 15 is 0 Å². The van der Waals surface area contributed by atoms with E-state index in [1.165, 1.54) is 51.4 Å². The van der Waals surface area contributed by atoms with Crippen LogP contribution in [0, 0.1) is 0 Å². The average molecular weight is 250 g/mol. The SMILES string of the molecule is C=CCCC(=O)C=CCCCCCCCCCC. The molecular formula is C17H30O. The Morgan fingerprint density at radius 1 is 0.944 bits per heavy atom. The highest BCUT2D eigenvalue weighted by molar-refractivity contribution is 5.89. The molecule has 0 heterocycles. The number of rotatable bonds is 13. The molecule has 0 aromatic rings. The topological polar surface area (TPSA) is 17.1 Å². The van der Waals surface area contributed by atoms with E-state index in [0.717, 1.165) is 12.8 Å². The molecule has 0 aliphatic rings. The number of unbranched alkanes of at least 4 members (excludes halogenated alkanes) is 8. The van der Waals surface area contributed by atoms with Crippen molar-refractivity contribution in [3.63, 3.8) is 0 Å². The number of hydrogen-bond acceptors (Lipinski definition) is 1. The van der Waals surface area contributed by atoms with Crippen molar-refractivity contribution in [3.8, 4) is 0 Å². The molecule has 0 saturated heterocycles. The van der Waals surface area contributed by atoms with E-state index in [1.54, 1.807) is 12.2 Å². The number of ketones is 1. The van der Waals surface area contributed by atoms with Crippen molar-refractivity contribution in [3.05, 3.63) is 24.8 Å². The Labute approximate surface area is 113 Å². The second-order valence-corrected chi connectivity index (χ2v) is 4.96. The van der Waals surface area contributed by atoms with Crippen molar-refractivity contribution in [2.45, 2.75) is 77.6 Å². The van der Waals surface area contributed by atoms with Crippen LogP contribution in [-0.2, 0) is 4.79 Å². The largest absolute Gasteiger partial charge is 0.295 e. The summed E-state index contributed by atoms with van der Waals surface area (Å²) in [6, 6.07) is 0. The number of hydrogen-bond donors (Lipinski definition) is 0. The molecule has 0 aromatic heterocycles. The summed E-state index contributed by atoms with van der Waals surface area (Å²) in [4.78, 5) is 11.3. The van der Waals surface area contributed by atoms with Gasteiger partial charge in [0.25, 0.3) is 0 Å². The molecule has 0 bridgehead atoms. The van der Waals surface area contributed by atoms with Crippen LogP contribution in [-0.4, -0.2) is 5.78 Å². The third kappa shape index (κ3) is 13.2. The number of carbonyl (C=O) groups is 1. The first-order chi connectivity index (χ1) is 8.81. The van der Waals surface area contributed by atoms with Crippen molar-refractivity contribution in [1.82, 2.24) is 0 Å². The molecule has 0 spiro atoms. The zero-order valence-electron chi connectivity index (χ0n) is 12.1. The van der Waals surface area contributed by atoms with Gasteiger partial charge in [-0.2, -0.15) is 0 Å². The molecule has 0 radical (unpaired) electrons. The Morgan fingerprint density at radius 2 is 1.56 bits per heavy atom. The monoisotopic (exact) mass is 250 g/mol. The standard InChI is InChI=1S/C17H30O/c1-3-5-7-8-9-10-11-12-13-14-16-17(18)15-6-4-2/h4,14,16H,2-3,5-13,15H2,1H3. The maximum absolute atomic E-state index is 11.3. The molecule has 0 unspecified atom stereocenters. The van der Waals surface area contributed by atoms with Crippen LogP contribution in [0.25, 0.3) is 0 Å². The Morgan fingerprint density at radius 3 is 2.17 bits per heavy atom. The Hall–Kier alpha value is -0.850. The minimum Gasteiger partial charge on any atom is -0.295 e. The number of allylic oxidation sites excluding steroid dienone is 3. The lowest BCUT2D eigenvalue weighted by atomic mass is 10.1. The first-order valence-corrected chi connectivity index (χ1v) is 7.61. The van der Waals surface area contributed by atoms with E-state index in [-0.39, 0.29) is 5.78 Å². The summed E-state index contributed by atoms with van der Waals surface area (Å²) >= 11 is 0. The lowest BCUT2D eigenvalue weighted by molar-refractivity contribution is -0.114. The van der Waals surface area contributed by atoms with Crippen LogP contribution < -0.4 is 0 Å². The van der Waals surface area contributed by atoms with Gasteiger partial charge in [0.05, 0.1) is 0 Å². The summed E-state index contributed by atoms with van der Waals surface area (Å²) < 4.78 is 0. The first kappa shape index (κ1) is 17.2. The van der Waals surface area contributed by atoms with Crippen molar-refractivity contribution < 1.29 is 4.79 Å².